The van der Waals surface area contributed by atoms with Crippen LogP contribution in [-0.4, -0.2) is 12.3 Å². The van der Waals surface area contributed by atoms with Crippen molar-refractivity contribution in [3.8, 4) is 18.1 Å². The number of hydrogen-bond acceptors (Lipinski definition) is 3. The number of hydrogen-bond donors (Lipinski definition) is 0. The van der Waals surface area contributed by atoms with Gasteiger partial charge in [0.05, 0.1) is 5.92 Å². The molecule has 94 valence electrons. The molecule has 0 aromatic heterocycles. The van der Waals surface area contributed by atoms with E-state index in [-0.39, 0.29) is 12.0 Å². The minimum absolute atomic E-state index is 0.0158. The van der Waals surface area contributed by atoms with Crippen LogP contribution in [-0.2, 0) is 4.74 Å². The van der Waals surface area contributed by atoms with E-state index in [1.165, 1.54) is 0 Å². The van der Waals surface area contributed by atoms with Crippen molar-refractivity contribution in [2.45, 2.75) is 31.8 Å². The van der Waals surface area contributed by atoms with Gasteiger partial charge < -0.3 is 9.47 Å². The molecule has 0 aliphatic heterocycles. The predicted molar refractivity (Wildman–Crippen MR) is 68.1 cm³/mol. The van der Waals surface area contributed by atoms with Gasteiger partial charge in [-0.25, -0.2) is 4.79 Å². The zero-order chi connectivity index (χ0) is 12.8. The molecule has 1 aromatic carbocycles. The minimum Gasteiger partial charge on any atom is -0.429 e. The third kappa shape index (κ3) is 3.27. The van der Waals surface area contributed by atoms with Gasteiger partial charge in [-0.05, 0) is 31.4 Å². The number of carbonyl (C=O) groups is 1. The van der Waals surface area contributed by atoms with Crippen molar-refractivity contribution >= 4 is 6.16 Å². The second-order valence-electron chi connectivity index (χ2n) is 4.38. The fraction of sp³-hybridized carbons (Fsp3) is 0.400. The third-order valence-corrected chi connectivity index (χ3v) is 3.11. The van der Waals surface area contributed by atoms with E-state index >= 15 is 0 Å². The molecule has 1 aromatic rings. The lowest BCUT2D eigenvalue weighted by Gasteiger charge is -2.26. The van der Waals surface area contributed by atoms with Crippen LogP contribution in [0.25, 0.3) is 0 Å². The quantitative estimate of drug-likeness (QED) is 0.454. The topological polar surface area (TPSA) is 35.5 Å². The Labute approximate surface area is 107 Å². The van der Waals surface area contributed by atoms with Crippen LogP contribution in [0, 0.1) is 18.3 Å². The highest BCUT2D eigenvalue weighted by Crippen LogP contribution is 2.26. The van der Waals surface area contributed by atoms with E-state index < -0.39 is 6.16 Å². The third-order valence-electron chi connectivity index (χ3n) is 3.11. The summed E-state index contributed by atoms with van der Waals surface area (Å²) in [7, 11) is 0. The van der Waals surface area contributed by atoms with E-state index in [0.29, 0.717) is 5.75 Å². The molecule has 0 bridgehead atoms. The highest BCUT2D eigenvalue weighted by molar-refractivity contribution is 5.64. The van der Waals surface area contributed by atoms with Gasteiger partial charge in [-0.1, -0.05) is 30.5 Å². The molecule has 2 atom stereocenters. The highest BCUT2D eigenvalue weighted by atomic mass is 16.7. The van der Waals surface area contributed by atoms with E-state index in [2.05, 4.69) is 5.92 Å². The van der Waals surface area contributed by atoms with E-state index in [4.69, 9.17) is 15.9 Å². The van der Waals surface area contributed by atoms with Gasteiger partial charge in [0.1, 0.15) is 11.9 Å². The highest BCUT2D eigenvalue weighted by Gasteiger charge is 2.27. The van der Waals surface area contributed by atoms with E-state index in [1.54, 1.807) is 24.3 Å². The van der Waals surface area contributed by atoms with Gasteiger partial charge in [0.15, 0.2) is 0 Å². The zero-order valence-corrected chi connectivity index (χ0v) is 10.2. The standard InChI is InChI=1S/C15H16O3/c1-2-12-8-6-7-11-14(12)18-15(16)17-13-9-4-3-5-10-13/h1,3-5,9-10,12,14H,6-8,11H2/t12-,14+/m0/s1. The Hall–Kier alpha value is -1.95. The van der Waals surface area contributed by atoms with Crippen LogP contribution in [0.1, 0.15) is 25.7 Å². The number of para-hydroxylation sites is 1. The normalized spacial score (nSPS) is 22.8. The van der Waals surface area contributed by atoms with Crippen LogP contribution in [0.15, 0.2) is 30.3 Å². The van der Waals surface area contributed by atoms with Crippen LogP contribution < -0.4 is 4.74 Å². The molecule has 1 aliphatic carbocycles. The van der Waals surface area contributed by atoms with E-state index in [9.17, 15) is 4.79 Å². The molecule has 0 radical (unpaired) electrons. The van der Waals surface area contributed by atoms with Crippen LogP contribution >= 0.6 is 0 Å². The smallest absolute Gasteiger partial charge is 0.429 e. The Balaban J connectivity index is 1.89. The molecule has 0 spiro atoms. The molecule has 1 fully saturated rings. The van der Waals surface area contributed by atoms with Crippen molar-refractivity contribution in [3.05, 3.63) is 30.3 Å². The van der Waals surface area contributed by atoms with Gasteiger partial charge in [-0.3, -0.25) is 0 Å². The summed E-state index contributed by atoms with van der Waals surface area (Å²) in [5.41, 5.74) is 0. The number of carbonyl (C=O) groups excluding carboxylic acids is 1. The molecule has 0 unspecified atom stereocenters. The predicted octanol–water partition coefficient (Wildman–Crippen LogP) is 3.39. The largest absolute Gasteiger partial charge is 0.514 e. The first-order chi connectivity index (χ1) is 8.79. The summed E-state index contributed by atoms with van der Waals surface area (Å²) < 4.78 is 10.4. The first-order valence-corrected chi connectivity index (χ1v) is 6.19. The van der Waals surface area contributed by atoms with Crippen molar-refractivity contribution in [2.24, 2.45) is 5.92 Å². The summed E-state index contributed by atoms with van der Waals surface area (Å²) in [5.74, 6) is 3.19. The molecule has 3 heteroatoms. The van der Waals surface area contributed by atoms with E-state index in [1.807, 2.05) is 6.07 Å². The first-order valence-electron chi connectivity index (χ1n) is 6.19. The lowest BCUT2D eigenvalue weighted by atomic mass is 9.87. The van der Waals surface area contributed by atoms with Gasteiger partial charge in [-0.15, -0.1) is 6.42 Å². The maximum absolute atomic E-state index is 11.6. The Bertz CT molecular complexity index is 433. The Morgan fingerprint density at radius 2 is 1.94 bits per heavy atom. The Morgan fingerprint density at radius 1 is 1.22 bits per heavy atom. The number of terminal acetylenes is 1. The summed E-state index contributed by atoms with van der Waals surface area (Å²) in [6.45, 7) is 0. The molecule has 0 amide bonds. The Morgan fingerprint density at radius 3 is 2.67 bits per heavy atom. The summed E-state index contributed by atoms with van der Waals surface area (Å²) in [6, 6.07) is 8.87. The van der Waals surface area contributed by atoms with Gasteiger partial charge in [0, 0.05) is 0 Å². The summed E-state index contributed by atoms with van der Waals surface area (Å²) >= 11 is 0. The molecule has 1 aliphatic rings. The molecule has 18 heavy (non-hydrogen) atoms. The molecule has 0 heterocycles. The molecule has 2 rings (SSSR count). The molecule has 1 saturated carbocycles. The number of rotatable bonds is 2. The second kappa shape index (κ2) is 6.11. The molecular weight excluding hydrogens is 228 g/mol. The number of benzene rings is 1. The fourth-order valence-corrected chi connectivity index (χ4v) is 2.16. The van der Waals surface area contributed by atoms with Gasteiger partial charge in [0.25, 0.3) is 0 Å². The van der Waals surface area contributed by atoms with Crippen molar-refractivity contribution < 1.29 is 14.3 Å². The van der Waals surface area contributed by atoms with Crippen LogP contribution in [0.5, 0.6) is 5.75 Å². The molecule has 3 nitrogen and oxygen atoms in total. The minimum atomic E-state index is -0.673. The van der Waals surface area contributed by atoms with Crippen molar-refractivity contribution in [3.63, 3.8) is 0 Å². The average Bonchev–Trinajstić information content (AvgIpc) is 2.40. The van der Waals surface area contributed by atoms with Crippen LogP contribution in [0.4, 0.5) is 4.79 Å². The van der Waals surface area contributed by atoms with E-state index in [0.717, 1.165) is 25.7 Å². The average molecular weight is 244 g/mol. The SMILES string of the molecule is C#C[C@H]1CCCC[C@H]1OC(=O)Oc1ccccc1. The Kier molecular flexibility index (Phi) is 4.25. The molecule has 0 saturated heterocycles. The van der Waals surface area contributed by atoms with Crippen LogP contribution in [0.3, 0.4) is 0 Å². The summed E-state index contributed by atoms with van der Waals surface area (Å²) in [6.07, 6.45) is 8.44. The first kappa shape index (κ1) is 12.5. The second-order valence-corrected chi connectivity index (χ2v) is 4.38. The van der Waals surface area contributed by atoms with Gasteiger partial charge in [-0.2, -0.15) is 0 Å². The lowest BCUT2D eigenvalue weighted by Crippen LogP contribution is -2.30. The summed E-state index contributed by atoms with van der Waals surface area (Å²) in [5, 5.41) is 0. The number of ether oxygens (including phenoxy) is 2. The van der Waals surface area contributed by atoms with Crippen molar-refractivity contribution in [2.75, 3.05) is 0 Å². The molecule has 0 N–H and O–H groups in total. The maximum Gasteiger partial charge on any atom is 0.514 e. The zero-order valence-electron chi connectivity index (χ0n) is 10.2. The van der Waals surface area contributed by atoms with Crippen LogP contribution in [0.2, 0.25) is 0 Å². The molecular formula is C15H16O3. The van der Waals surface area contributed by atoms with Crippen molar-refractivity contribution in [1.29, 1.82) is 0 Å². The van der Waals surface area contributed by atoms with Crippen molar-refractivity contribution in [1.82, 2.24) is 0 Å². The fourth-order valence-electron chi connectivity index (χ4n) is 2.16. The summed E-state index contributed by atoms with van der Waals surface area (Å²) in [4.78, 5) is 11.6. The van der Waals surface area contributed by atoms with Gasteiger partial charge >= 0.3 is 6.16 Å². The van der Waals surface area contributed by atoms with Gasteiger partial charge in [0.2, 0.25) is 0 Å². The lowest BCUT2D eigenvalue weighted by molar-refractivity contribution is 0.0255. The maximum atomic E-state index is 11.6. The monoisotopic (exact) mass is 244 g/mol.